The maximum atomic E-state index is 6.00. The number of nitrogens with zero attached hydrogens (tertiary/aromatic N) is 2. The number of hydrogen-bond donors (Lipinski definition) is 1. The van der Waals surface area contributed by atoms with E-state index >= 15 is 0 Å². The zero-order valence-corrected chi connectivity index (χ0v) is 13.7. The molecule has 1 aliphatic rings. The standard InChI is InChI=1S/C13H18BClN2O2S/c1-12(2)13(3,4)19-14(18-12)9(8-20)7-10-5-6-11(15)17-16-10/h5-7,20H,8H2,1-4H3. The highest BCUT2D eigenvalue weighted by molar-refractivity contribution is 7.80. The fourth-order valence-electron chi connectivity index (χ4n) is 1.78. The van der Waals surface area contributed by atoms with Gasteiger partial charge < -0.3 is 9.31 Å². The lowest BCUT2D eigenvalue weighted by atomic mass is 9.78. The zero-order valence-electron chi connectivity index (χ0n) is 12.1. The van der Waals surface area contributed by atoms with Gasteiger partial charge in [-0.1, -0.05) is 11.6 Å². The molecule has 0 unspecified atom stereocenters. The minimum absolute atomic E-state index is 0.366. The van der Waals surface area contributed by atoms with Crippen molar-refractivity contribution in [2.45, 2.75) is 38.9 Å². The second kappa shape index (κ2) is 5.68. The quantitative estimate of drug-likeness (QED) is 0.688. The third kappa shape index (κ3) is 3.19. The van der Waals surface area contributed by atoms with Crippen LogP contribution in [0.2, 0.25) is 5.15 Å². The molecule has 1 fully saturated rings. The number of aromatic nitrogens is 2. The highest BCUT2D eigenvalue weighted by Crippen LogP contribution is 2.38. The minimum atomic E-state index is -0.421. The second-order valence-corrected chi connectivity index (χ2v) is 6.45. The highest BCUT2D eigenvalue weighted by Gasteiger charge is 2.52. The van der Waals surface area contributed by atoms with Gasteiger partial charge in [-0.15, -0.1) is 10.2 Å². The lowest BCUT2D eigenvalue weighted by Gasteiger charge is -2.32. The Kier molecular flexibility index (Phi) is 4.49. The molecule has 7 heteroatoms. The largest absolute Gasteiger partial charge is 0.491 e. The third-order valence-corrected chi connectivity index (χ3v) is 4.29. The van der Waals surface area contributed by atoms with Crippen molar-refractivity contribution >= 4 is 37.4 Å². The van der Waals surface area contributed by atoms with Crippen LogP contribution >= 0.6 is 24.2 Å². The molecule has 2 rings (SSSR count). The van der Waals surface area contributed by atoms with Crippen molar-refractivity contribution in [2.24, 2.45) is 0 Å². The summed E-state index contributed by atoms with van der Waals surface area (Å²) in [5, 5.41) is 8.19. The van der Waals surface area contributed by atoms with Gasteiger partial charge in [0.25, 0.3) is 0 Å². The van der Waals surface area contributed by atoms with Crippen LogP contribution in [0.5, 0.6) is 0 Å². The first-order chi connectivity index (χ1) is 9.25. The molecule has 1 aliphatic heterocycles. The molecule has 0 aliphatic carbocycles. The van der Waals surface area contributed by atoms with Gasteiger partial charge in [-0.3, -0.25) is 0 Å². The number of thiol groups is 1. The van der Waals surface area contributed by atoms with Crippen molar-refractivity contribution in [1.29, 1.82) is 0 Å². The van der Waals surface area contributed by atoms with Crippen LogP contribution in [0.15, 0.2) is 17.6 Å². The van der Waals surface area contributed by atoms with Crippen molar-refractivity contribution in [1.82, 2.24) is 10.2 Å². The Bertz CT molecular complexity index is 504. The summed E-state index contributed by atoms with van der Waals surface area (Å²) in [6.45, 7) is 8.08. The Morgan fingerprint density at radius 3 is 2.30 bits per heavy atom. The molecule has 0 spiro atoms. The molecule has 4 nitrogen and oxygen atoms in total. The molecule has 2 heterocycles. The van der Waals surface area contributed by atoms with Gasteiger partial charge in [-0.2, -0.15) is 12.6 Å². The fourth-order valence-corrected chi connectivity index (χ4v) is 2.12. The van der Waals surface area contributed by atoms with E-state index in [2.05, 4.69) is 22.8 Å². The number of rotatable bonds is 3. The van der Waals surface area contributed by atoms with E-state index in [0.29, 0.717) is 16.6 Å². The number of halogens is 1. The van der Waals surface area contributed by atoms with Crippen LogP contribution in [0, 0.1) is 0 Å². The summed E-state index contributed by atoms with van der Waals surface area (Å²) < 4.78 is 12.0. The lowest BCUT2D eigenvalue weighted by Crippen LogP contribution is -2.41. The van der Waals surface area contributed by atoms with Gasteiger partial charge in [0.1, 0.15) is 0 Å². The van der Waals surface area contributed by atoms with Crippen LogP contribution in [0.3, 0.4) is 0 Å². The van der Waals surface area contributed by atoms with Crippen LogP contribution < -0.4 is 0 Å². The zero-order chi connectivity index (χ0) is 15.0. The average molecular weight is 313 g/mol. The van der Waals surface area contributed by atoms with E-state index in [1.165, 1.54) is 0 Å². The van der Waals surface area contributed by atoms with E-state index in [9.17, 15) is 0 Å². The van der Waals surface area contributed by atoms with E-state index in [1.807, 2.05) is 33.8 Å². The van der Waals surface area contributed by atoms with Crippen molar-refractivity contribution in [3.63, 3.8) is 0 Å². The lowest BCUT2D eigenvalue weighted by molar-refractivity contribution is 0.00578. The van der Waals surface area contributed by atoms with Crippen LogP contribution in [0.25, 0.3) is 6.08 Å². The summed E-state index contributed by atoms with van der Waals surface area (Å²) >= 11 is 10.1. The Labute approximate surface area is 130 Å². The summed E-state index contributed by atoms with van der Waals surface area (Å²) in [7, 11) is -0.421. The van der Waals surface area contributed by atoms with Gasteiger partial charge in [0, 0.05) is 5.75 Å². The first-order valence-electron chi connectivity index (χ1n) is 6.41. The van der Waals surface area contributed by atoms with Crippen LogP contribution in [-0.2, 0) is 9.31 Å². The molecule has 1 saturated heterocycles. The first kappa shape index (κ1) is 15.8. The van der Waals surface area contributed by atoms with E-state index in [-0.39, 0.29) is 11.2 Å². The molecule has 0 N–H and O–H groups in total. The van der Waals surface area contributed by atoms with Gasteiger partial charge in [-0.25, -0.2) is 0 Å². The van der Waals surface area contributed by atoms with Gasteiger partial charge in [0.15, 0.2) is 5.15 Å². The second-order valence-electron chi connectivity index (χ2n) is 5.75. The van der Waals surface area contributed by atoms with Gasteiger partial charge in [-0.05, 0) is 51.4 Å². The van der Waals surface area contributed by atoms with E-state index < -0.39 is 7.12 Å². The Balaban J connectivity index is 2.24. The van der Waals surface area contributed by atoms with Gasteiger partial charge in [0.05, 0.1) is 16.9 Å². The monoisotopic (exact) mass is 312 g/mol. The highest BCUT2D eigenvalue weighted by atomic mass is 35.5. The summed E-state index contributed by atoms with van der Waals surface area (Å²) in [4.78, 5) is 0. The Morgan fingerprint density at radius 2 is 1.85 bits per heavy atom. The van der Waals surface area contributed by atoms with Gasteiger partial charge >= 0.3 is 7.12 Å². The Hall–Kier alpha value is -0.555. The minimum Gasteiger partial charge on any atom is -0.400 e. The molecule has 0 bridgehead atoms. The molecule has 0 radical (unpaired) electrons. The van der Waals surface area contributed by atoms with Crippen molar-refractivity contribution in [2.75, 3.05) is 5.75 Å². The molecule has 0 saturated carbocycles. The molecule has 0 amide bonds. The SMILES string of the molecule is CC1(C)OB(C(=Cc2ccc(Cl)nn2)CS)OC1(C)C. The Morgan fingerprint density at radius 1 is 1.25 bits per heavy atom. The first-order valence-corrected chi connectivity index (χ1v) is 7.42. The van der Waals surface area contributed by atoms with Crippen molar-refractivity contribution in [3.05, 3.63) is 28.5 Å². The average Bonchev–Trinajstić information content (AvgIpc) is 2.57. The molecule has 1 aromatic heterocycles. The summed E-state index contributed by atoms with van der Waals surface area (Å²) in [5.74, 6) is 0.515. The summed E-state index contributed by atoms with van der Waals surface area (Å²) in [6, 6.07) is 3.49. The van der Waals surface area contributed by atoms with E-state index in [4.69, 9.17) is 20.9 Å². The van der Waals surface area contributed by atoms with Crippen molar-refractivity contribution < 1.29 is 9.31 Å². The maximum Gasteiger partial charge on any atom is 0.491 e. The molecular formula is C13H18BClN2O2S. The third-order valence-electron chi connectivity index (χ3n) is 3.72. The predicted molar refractivity (Wildman–Crippen MR) is 85.0 cm³/mol. The van der Waals surface area contributed by atoms with Crippen molar-refractivity contribution in [3.8, 4) is 0 Å². The smallest absolute Gasteiger partial charge is 0.400 e. The van der Waals surface area contributed by atoms with Crippen LogP contribution in [0.4, 0.5) is 0 Å². The van der Waals surface area contributed by atoms with Crippen LogP contribution in [-0.4, -0.2) is 34.3 Å². The molecular weight excluding hydrogens is 294 g/mol. The maximum absolute atomic E-state index is 6.00. The fraction of sp³-hybridized carbons (Fsp3) is 0.538. The molecule has 0 aromatic carbocycles. The van der Waals surface area contributed by atoms with E-state index in [1.54, 1.807) is 12.1 Å². The topological polar surface area (TPSA) is 44.2 Å². The molecule has 1 aromatic rings. The normalized spacial score (nSPS) is 21.3. The van der Waals surface area contributed by atoms with E-state index in [0.717, 1.165) is 5.47 Å². The van der Waals surface area contributed by atoms with Gasteiger partial charge in [0.2, 0.25) is 0 Å². The molecule has 0 atom stereocenters. The molecule has 108 valence electrons. The summed E-state index contributed by atoms with van der Waals surface area (Å²) in [5.41, 5.74) is 0.869. The summed E-state index contributed by atoms with van der Waals surface area (Å²) in [6.07, 6.45) is 1.87. The predicted octanol–water partition coefficient (Wildman–Crippen LogP) is 3.07. The molecule has 20 heavy (non-hydrogen) atoms. The van der Waals surface area contributed by atoms with Crippen LogP contribution in [0.1, 0.15) is 33.4 Å². The number of hydrogen-bond acceptors (Lipinski definition) is 5.